The van der Waals surface area contributed by atoms with Gasteiger partial charge in [0, 0.05) is 23.8 Å². The molecule has 0 unspecified atom stereocenters. The largest absolute Gasteiger partial charge is 0.465 e. The van der Waals surface area contributed by atoms with Gasteiger partial charge in [-0.3, -0.25) is 29.4 Å². The molecule has 1 saturated heterocycles. The van der Waals surface area contributed by atoms with Crippen LogP contribution in [0.25, 0.3) is 17.4 Å². The molecule has 10 heteroatoms. The Morgan fingerprint density at radius 3 is 2.76 bits per heavy atom. The van der Waals surface area contributed by atoms with E-state index in [0.29, 0.717) is 28.8 Å². The van der Waals surface area contributed by atoms with Crippen LogP contribution in [0.5, 0.6) is 0 Å². The van der Waals surface area contributed by atoms with Crippen molar-refractivity contribution in [2.24, 2.45) is 0 Å². The number of esters is 1. The maximum Gasteiger partial charge on any atom is 0.326 e. The van der Waals surface area contributed by atoms with Gasteiger partial charge in [-0.25, -0.2) is 0 Å². The van der Waals surface area contributed by atoms with Gasteiger partial charge in [0.2, 0.25) is 0 Å². The smallest absolute Gasteiger partial charge is 0.326 e. The lowest BCUT2D eigenvalue weighted by molar-refractivity contribution is -0.384. The SMILES string of the molecule is CCOC(=O)CN1C(=O)S/C(=C\c2ccc(-c3cc([N+](=O)[O-])ccc3C)o2)C1=O. The van der Waals surface area contributed by atoms with Gasteiger partial charge >= 0.3 is 5.97 Å². The summed E-state index contributed by atoms with van der Waals surface area (Å²) in [4.78, 5) is 47.4. The van der Waals surface area contributed by atoms with Gasteiger partial charge in [0.05, 0.1) is 16.4 Å². The number of furan rings is 1. The first kappa shape index (κ1) is 20.3. The molecular weight excluding hydrogens is 400 g/mol. The van der Waals surface area contributed by atoms with Crippen LogP contribution in [0.2, 0.25) is 0 Å². The Bertz CT molecular complexity index is 1040. The van der Waals surface area contributed by atoms with Gasteiger partial charge in [0.25, 0.3) is 16.8 Å². The fourth-order valence-electron chi connectivity index (χ4n) is 2.67. The number of non-ortho nitro benzene ring substituents is 1. The van der Waals surface area contributed by atoms with E-state index in [9.17, 15) is 24.5 Å². The Kier molecular flexibility index (Phi) is 5.83. The molecule has 9 nitrogen and oxygen atoms in total. The number of benzene rings is 1. The van der Waals surface area contributed by atoms with Gasteiger partial charge in [0.1, 0.15) is 18.1 Å². The molecule has 0 spiro atoms. The summed E-state index contributed by atoms with van der Waals surface area (Å²) in [5, 5.41) is 10.4. The third-order valence-electron chi connectivity index (χ3n) is 4.06. The summed E-state index contributed by atoms with van der Waals surface area (Å²) in [6, 6.07) is 7.65. The number of nitro groups is 1. The molecule has 1 aliphatic heterocycles. The number of imide groups is 1. The third-order valence-corrected chi connectivity index (χ3v) is 4.97. The van der Waals surface area contributed by atoms with Gasteiger partial charge in [0.15, 0.2) is 0 Å². The van der Waals surface area contributed by atoms with E-state index >= 15 is 0 Å². The predicted octanol–water partition coefficient (Wildman–Crippen LogP) is 3.76. The van der Waals surface area contributed by atoms with Crippen LogP contribution < -0.4 is 0 Å². The van der Waals surface area contributed by atoms with Gasteiger partial charge in [-0.05, 0) is 43.3 Å². The fraction of sp³-hybridized carbons (Fsp3) is 0.211. The standard InChI is InChI=1S/C19H16N2O7S/c1-3-27-17(22)10-20-18(23)16(29-19(20)24)9-13-6-7-15(28-13)14-8-12(21(25)26)5-4-11(14)2/h4-9H,3,10H2,1-2H3/b16-9-. The Morgan fingerprint density at radius 1 is 1.31 bits per heavy atom. The molecule has 2 aromatic rings. The molecule has 150 valence electrons. The maximum absolute atomic E-state index is 12.4. The van der Waals surface area contributed by atoms with E-state index in [1.165, 1.54) is 18.2 Å². The van der Waals surface area contributed by atoms with E-state index in [4.69, 9.17) is 9.15 Å². The number of aryl methyl sites for hydroxylation is 1. The number of ether oxygens (including phenoxy) is 1. The first-order chi connectivity index (χ1) is 13.8. The van der Waals surface area contributed by atoms with Gasteiger partial charge < -0.3 is 9.15 Å². The maximum atomic E-state index is 12.4. The Labute approximate surface area is 169 Å². The van der Waals surface area contributed by atoms with Crippen molar-refractivity contribution < 1.29 is 28.5 Å². The predicted molar refractivity (Wildman–Crippen MR) is 105 cm³/mol. The Morgan fingerprint density at radius 2 is 2.07 bits per heavy atom. The first-order valence-electron chi connectivity index (χ1n) is 8.56. The first-order valence-corrected chi connectivity index (χ1v) is 9.38. The zero-order valence-electron chi connectivity index (χ0n) is 15.5. The zero-order chi connectivity index (χ0) is 21.1. The number of carbonyl (C=O) groups excluding carboxylic acids is 3. The number of hydrogen-bond acceptors (Lipinski definition) is 8. The van der Waals surface area contributed by atoms with Crippen molar-refractivity contribution in [3.05, 3.63) is 56.7 Å². The number of thioether (sulfide) groups is 1. The number of carbonyl (C=O) groups is 3. The highest BCUT2D eigenvalue weighted by molar-refractivity contribution is 8.18. The lowest BCUT2D eigenvalue weighted by atomic mass is 10.1. The summed E-state index contributed by atoms with van der Waals surface area (Å²) in [6.45, 7) is 3.12. The quantitative estimate of drug-likeness (QED) is 0.302. The van der Waals surface area contributed by atoms with Crippen molar-refractivity contribution in [3.63, 3.8) is 0 Å². The number of nitro benzene ring substituents is 1. The Hall–Kier alpha value is -3.40. The summed E-state index contributed by atoms with van der Waals surface area (Å²) in [7, 11) is 0. The van der Waals surface area contributed by atoms with Crippen LogP contribution in [0.15, 0.2) is 39.7 Å². The van der Waals surface area contributed by atoms with Crippen LogP contribution in [0, 0.1) is 17.0 Å². The monoisotopic (exact) mass is 416 g/mol. The summed E-state index contributed by atoms with van der Waals surface area (Å²) >= 11 is 0.693. The number of rotatable bonds is 6. The van der Waals surface area contributed by atoms with E-state index in [-0.39, 0.29) is 17.2 Å². The van der Waals surface area contributed by atoms with E-state index in [0.717, 1.165) is 10.5 Å². The van der Waals surface area contributed by atoms with Crippen LogP contribution in [0.4, 0.5) is 10.5 Å². The average Bonchev–Trinajstić information content (AvgIpc) is 3.22. The highest BCUT2D eigenvalue weighted by Crippen LogP contribution is 2.34. The van der Waals surface area contributed by atoms with Crippen molar-refractivity contribution in [2.75, 3.05) is 13.2 Å². The highest BCUT2D eigenvalue weighted by atomic mass is 32.2. The topological polar surface area (TPSA) is 120 Å². The summed E-state index contributed by atoms with van der Waals surface area (Å²) in [5.74, 6) is -0.592. The van der Waals surface area contributed by atoms with Crippen molar-refractivity contribution >= 4 is 40.6 Å². The third kappa shape index (κ3) is 4.37. The Balaban J connectivity index is 1.83. The van der Waals surface area contributed by atoms with Crippen LogP contribution in [-0.4, -0.2) is 40.1 Å². The minimum absolute atomic E-state index is 0.0661. The molecule has 2 amide bonds. The van der Waals surface area contributed by atoms with E-state index in [2.05, 4.69) is 0 Å². The van der Waals surface area contributed by atoms with Crippen molar-refractivity contribution in [3.8, 4) is 11.3 Å². The van der Waals surface area contributed by atoms with E-state index < -0.39 is 28.6 Å². The molecule has 1 fully saturated rings. The lowest BCUT2D eigenvalue weighted by Crippen LogP contribution is -2.34. The molecule has 1 aromatic carbocycles. The average molecular weight is 416 g/mol. The fourth-order valence-corrected chi connectivity index (χ4v) is 3.48. The molecule has 29 heavy (non-hydrogen) atoms. The summed E-state index contributed by atoms with van der Waals surface area (Å²) in [5.41, 5.74) is 1.27. The molecule has 2 heterocycles. The second-order valence-corrected chi connectivity index (χ2v) is 7.02. The molecule has 1 aromatic heterocycles. The number of amides is 2. The highest BCUT2D eigenvalue weighted by Gasteiger charge is 2.36. The van der Waals surface area contributed by atoms with Crippen molar-refractivity contribution in [2.45, 2.75) is 13.8 Å². The zero-order valence-corrected chi connectivity index (χ0v) is 16.4. The van der Waals surface area contributed by atoms with Gasteiger partial charge in [-0.2, -0.15) is 0 Å². The summed E-state index contributed by atoms with van der Waals surface area (Å²) < 4.78 is 10.5. The van der Waals surface area contributed by atoms with E-state index in [1.807, 2.05) is 0 Å². The van der Waals surface area contributed by atoms with Crippen LogP contribution in [0.3, 0.4) is 0 Å². The molecule has 1 aliphatic rings. The minimum atomic E-state index is -0.669. The number of hydrogen-bond donors (Lipinski definition) is 0. The van der Waals surface area contributed by atoms with Crippen LogP contribution in [0.1, 0.15) is 18.2 Å². The van der Waals surface area contributed by atoms with Crippen molar-refractivity contribution in [1.29, 1.82) is 0 Å². The molecule has 3 rings (SSSR count). The number of nitrogens with zero attached hydrogens (tertiary/aromatic N) is 2. The normalized spacial score (nSPS) is 15.2. The van der Waals surface area contributed by atoms with Crippen LogP contribution in [-0.2, 0) is 14.3 Å². The van der Waals surface area contributed by atoms with Crippen molar-refractivity contribution in [1.82, 2.24) is 4.90 Å². The molecular formula is C19H16N2O7S. The molecule has 0 aliphatic carbocycles. The second-order valence-electron chi connectivity index (χ2n) is 6.03. The molecule has 0 N–H and O–H groups in total. The van der Waals surface area contributed by atoms with Gasteiger partial charge in [-0.1, -0.05) is 6.07 Å². The molecule has 0 atom stereocenters. The molecule has 0 bridgehead atoms. The minimum Gasteiger partial charge on any atom is -0.465 e. The molecule has 0 radical (unpaired) electrons. The second kappa shape index (κ2) is 8.31. The van der Waals surface area contributed by atoms with Crippen LogP contribution >= 0.6 is 11.8 Å². The summed E-state index contributed by atoms with van der Waals surface area (Å²) in [6.07, 6.45) is 1.40. The van der Waals surface area contributed by atoms with Gasteiger partial charge in [-0.15, -0.1) is 0 Å². The van der Waals surface area contributed by atoms with E-state index in [1.54, 1.807) is 32.0 Å². The molecule has 0 saturated carbocycles. The lowest BCUT2D eigenvalue weighted by Gasteiger charge is -2.10.